The lowest BCUT2D eigenvalue weighted by molar-refractivity contribution is -0.123. The molecule has 3 rings (SSSR count). The molecule has 0 aromatic heterocycles. The van der Waals surface area contributed by atoms with Gasteiger partial charge in [-0.25, -0.2) is 4.39 Å². The van der Waals surface area contributed by atoms with Gasteiger partial charge in [0.25, 0.3) is 0 Å². The van der Waals surface area contributed by atoms with Crippen molar-refractivity contribution in [3.8, 4) is 0 Å². The van der Waals surface area contributed by atoms with Crippen LogP contribution >= 0.6 is 24.8 Å². The van der Waals surface area contributed by atoms with Crippen molar-refractivity contribution in [2.75, 3.05) is 32.7 Å². The van der Waals surface area contributed by atoms with Gasteiger partial charge in [-0.2, -0.15) is 0 Å². The van der Waals surface area contributed by atoms with E-state index in [-0.39, 0.29) is 42.6 Å². The summed E-state index contributed by atoms with van der Waals surface area (Å²) in [6, 6.07) is 6.60. The fraction of sp³-hybridized carbons (Fsp3) is 0.611. The Bertz CT molecular complexity index is 518. The lowest BCUT2D eigenvalue weighted by Crippen LogP contribution is -2.48. The van der Waals surface area contributed by atoms with Gasteiger partial charge in [-0.1, -0.05) is 25.0 Å². The van der Waals surface area contributed by atoms with E-state index >= 15 is 0 Å². The molecule has 1 saturated carbocycles. The average molecular weight is 392 g/mol. The summed E-state index contributed by atoms with van der Waals surface area (Å²) in [7, 11) is 0. The van der Waals surface area contributed by atoms with Crippen molar-refractivity contribution in [2.24, 2.45) is 5.92 Å². The Hall–Kier alpha value is -0.880. The van der Waals surface area contributed by atoms with Crippen molar-refractivity contribution in [2.45, 2.75) is 31.7 Å². The highest BCUT2D eigenvalue weighted by Gasteiger charge is 2.28. The lowest BCUT2D eigenvalue weighted by atomic mass is 9.91. The summed E-state index contributed by atoms with van der Waals surface area (Å²) in [5, 5.41) is 6.51. The highest BCUT2D eigenvalue weighted by atomic mass is 35.5. The fourth-order valence-electron chi connectivity index (χ4n) is 3.73. The summed E-state index contributed by atoms with van der Waals surface area (Å²) in [5.74, 6) is 0.312. The van der Waals surface area contributed by atoms with Crippen LogP contribution < -0.4 is 10.6 Å². The molecule has 2 aliphatic rings. The monoisotopic (exact) mass is 391 g/mol. The molecule has 1 aromatic rings. The summed E-state index contributed by atoms with van der Waals surface area (Å²) in [5.41, 5.74) is 1.02. The van der Waals surface area contributed by atoms with Gasteiger partial charge in [-0.15, -0.1) is 24.8 Å². The number of hydrogen-bond donors (Lipinski definition) is 2. The number of carbonyl (C=O) groups is 1. The van der Waals surface area contributed by atoms with Crippen LogP contribution in [-0.2, 0) is 4.79 Å². The van der Waals surface area contributed by atoms with Crippen LogP contribution in [0.2, 0.25) is 0 Å². The molecule has 4 nitrogen and oxygen atoms in total. The quantitative estimate of drug-likeness (QED) is 0.810. The van der Waals surface area contributed by atoms with E-state index in [2.05, 4.69) is 15.5 Å². The molecule has 1 saturated heterocycles. The van der Waals surface area contributed by atoms with Crippen molar-refractivity contribution < 1.29 is 9.18 Å². The van der Waals surface area contributed by atoms with E-state index in [0.717, 1.165) is 44.6 Å². The summed E-state index contributed by atoms with van der Waals surface area (Å²) >= 11 is 0. The van der Waals surface area contributed by atoms with Crippen molar-refractivity contribution in [1.29, 1.82) is 0 Å². The maximum Gasteiger partial charge on any atom is 0.234 e. The second kappa shape index (κ2) is 11.0. The zero-order valence-electron chi connectivity index (χ0n) is 14.4. The summed E-state index contributed by atoms with van der Waals surface area (Å²) in [6.07, 6.45) is 4.71. The molecule has 0 radical (unpaired) electrons. The Labute approximate surface area is 161 Å². The second-order valence-corrected chi connectivity index (χ2v) is 6.67. The molecular formula is C18H28Cl2FN3O. The van der Waals surface area contributed by atoms with Gasteiger partial charge in [0.1, 0.15) is 5.82 Å². The summed E-state index contributed by atoms with van der Waals surface area (Å²) in [4.78, 5) is 14.7. The Morgan fingerprint density at radius 1 is 1.16 bits per heavy atom. The van der Waals surface area contributed by atoms with Crippen LogP contribution in [0, 0.1) is 11.7 Å². The first kappa shape index (κ1) is 22.2. The molecule has 1 aliphatic carbocycles. The zero-order chi connectivity index (χ0) is 16.1. The largest absolute Gasteiger partial charge is 0.348 e. The molecule has 142 valence electrons. The van der Waals surface area contributed by atoms with Gasteiger partial charge in [0.2, 0.25) is 5.91 Å². The minimum absolute atomic E-state index is 0. The summed E-state index contributed by atoms with van der Waals surface area (Å²) in [6.45, 7) is 4.16. The molecule has 0 spiro atoms. The van der Waals surface area contributed by atoms with E-state index in [1.54, 1.807) is 0 Å². The number of rotatable bonds is 5. The van der Waals surface area contributed by atoms with Gasteiger partial charge in [-0.05, 0) is 36.5 Å². The minimum Gasteiger partial charge on any atom is -0.348 e. The SMILES string of the molecule is Cl.Cl.O=C(CN1CCNCC1)NC(c1ccc(F)cc1)C1CCCC1. The van der Waals surface area contributed by atoms with E-state index in [9.17, 15) is 9.18 Å². The Morgan fingerprint density at radius 2 is 1.76 bits per heavy atom. The molecule has 1 amide bonds. The molecule has 1 aromatic carbocycles. The first-order valence-corrected chi connectivity index (χ1v) is 8.70. The molecule has 0 bridgehead atoms. The molecular weight excluding hydrogens is 364 g/mol. The number of amides is 1. The highest BCUT2D eigenvalue weighted by Crippen LogP contribution is 2.35. The third-order valence-electron chi connectivity index (χ3n) is 4.99. The first-order valence-electron chi connectivity index (χ1n) is 8.70. The van der Waals surface area contributed by atoms with E-state index in [0.29, 0.717) is 12.5 Å². The number of hydrogen-bond acceptors (Lipinski definition) is 3. The van der Waals surface area contributed by atoms with Crippen LogP contribution in [0.4, 0.5) is 4.39 Å². The Balaban J connectivity index is 0.00000156. The predicted octanol–water partition coefficient (Wildman–Crippen LogP) is 2.92. The van der Waals surface area contributed by atoms with Crippen LogP contribution in [0.3, 0.4) is 0 Å². The highest BCUT2D eigenvalue weighted by molar-refractivity contribution is 5.85. The average Bonchev–Trinajstić information content (AvgIpc) is 3.09. The van der Waals surface area contributed by atoms with Gasteiger partial charge < -0.3 is 10.6 Å². The molecule has 1 atom stereocenters. The minimum atomic E-state index is -0.230. The van der Waals surface area contributed by atoms with Crippen molar-refractivity contribution in [3.05, 3.63) is 35.6 Å². The molecule has 1 unspecified atom stereocenters. The molecule has 2 fully saturated rings. The van der Waals surface area contributed by atoms with E-state index < -0.39 is 0 Å². The van der Waals surface area contributed by atoms with Crippen LogP contribution in [0.5, 0.6) is 0 Å². The number of nitrogens with zero attached hydrogens (tertiary/aromatic N) is 1. The molecule has 1 aliphatic heterocycles. The van der Waals surface area contributed by atoms with Crippen molar-refractivity contribution >= 4 is 30.7 Å². The van der Waals surface area contributed by atoms with Gasteiger partial charge in [0.15, 0.2) is 0 Å². The van der Waals surface area contributed by atoms with E-state index in [1.807, 2.05) is 12.1 Å². The molecule has 7 heteroatoms. The second-order valence-electron chi connectivity index (χ2n) is 6.67. The predicted molar refractivity (Wildman–Crippen MR) is 103 cm³/mol. The topological polar surface area (TPSA) is 44.4 Å². The number of benzene rings is 1. The van der Waals surface area contributed by atoms with Crippen LogP contribution in [0.25, 0.3) is 0 Å². The first-order chi connectivity index (χ1) is 11.2. The normalized spacial score (nSPS) is 19.6. The number of carbonyl (C=O) groups excluding carboxylic acids is 1. The van der Waals surface area contributed by atoms with Crippen molar-refractivity contribution in [3.63, 3.8) is 0 Å². The summed E-state index contributed by atoms with van der Waals surface area (Å²) < 4.78 is 13.2. The van der Waals surface area contributed by atoms with Gasteiger partial charge >= 0.3 is 0 Å². The molecule has 1 heterocycles. The number of piperazine rings is 1. The fourth-order valence-corrected chi connectivity index (χ4v) is 3.73. The molecule has 2 N–H and O–H groups in total. The van der Waals surface area contributed by atoms with E-state index in [1.165, 1.54) is 25.0 Å². The van der Waals surface area contributed by atoms with Crippen molar-refractivity contribution in [1.82, 2.24) is 15.5 Å². The molecule has 25 heavy (non-hydrogen) atoms. The number of nitrogens with one attached hydrogen (secondary N) is 2. The van der Waals surface area contributed by atoms with Gasteiger partial charge in [-0.3, -0.25) is 9.69 Å². The smallest absolute Gasteiger partial charge is 0.234 e. The van der Waals surface area contributed by atoms with Gasteiger partial charge in [0.05, 0.1) is 12.6 Å². The van der Waals surface area contributed by atoms with Crippen LogP contribution in [-0.4, -0.2) is 43.5 Å². The van der Waals surface area contributed by atoms with Crippen LogP contribution in [0.15, 0.2) is 24.3 Å². The third kappa shape index (κ3) is 6.41. The standard InChI is InChI=1S/C18H26FN3O.2ClH/c19-16-7-5-15(6-8-16)18(14-3-1-2-4-14)21-17(23)13-22-11-9-20-10-12-22;;/h5-8,14,18,20H,1-4,9-13H2,(H,21,23);2*1H. The number of halogens is 3. The Kier molecular flexibility index (Phi) is 9.72. The zero-order valence-corrected chi connectivity index (χ0v) is 16.0. The van der Waals surface area contributed by atoms with Gasteiger partial charge in [0, 0.05) is 26.2 Å². The lowest BCUT2D eigenvalue weighted by Gasteiger charge is -2.29. The third-order valence-corrected chi connectivity index (χ3v) is 4.99. The van der Waals surface area contributed by atoms with Crippen LogP contribution in [0.1, 0.15) is 37.3 Å². The van der Waals surface area contributed by atoms with E-state index in [4.69, 9.17) is 0 Å². The Morgan fingerprint density at radius 3 is 2.36 bits per heavy atom. The maximum absolute atomic E-state index is 13.2. The maximum atomic E-state index is 13.2.